The molecule has 0 saturated heterocycles. The molecule has 1 aromatic carbocycles. The molecule has 0 aliphatic rings. The Kier molecular flexibility index (Phi) is 7.25. The maximum absolute atomic E-state index is 13.4. The number of hydrogen-bond acceptors (Lipinski definition) is 5. The lowest BCUT2D eigenvalue weighted by atomic mass is 10.1. The van der Waals surface area contributed by atoms with Gasteiger partial charge >= 0.3 is 0 Å². The number of aliphatic hydroxyl groups is 1. The highest BCUT2D eigenvalue weighted by atomic mass is 35.5. The van der Waals surface area contributed by atoms with Crippen molar-refractivity contribution in [3.05, 3.63) is 70.4 Å². The van der Waals surface area contributed by atoms with E-state index in [1.807, 2.05) is 13.8 Å². The van der Waals surface area contributed by atoms with Crippen molar-refractivity contribution >= 4 is 23.5 Å². The van der Waals surface area contributed by atoms with Crippen LogP contribution in [0, 0.1) is 12.7 Å². The van der Waals surface area contributed by atoms with Gasteiger partial charge in [-0.05, 0) is 44.0 Å². The zero-order valence-electron chi connectivity index (χ0n) is 17.6. The van der Waals surface area contributed by atoms with Crippen molar-refractivity contribution in [3.8, 4) is 5.82 Å². The number of carbonyl (C=O) groups is 1. The van der Waals surface area contributed by atoms with Crippen molar-refractivity contribution in [2.75, 3.05) is 11.9 Å². The predicted molar refractivity (Wildman–Crippen MR) is 118 cm³/mol. The van der Waals surface area contributed by atoms with E-state index in [1.54, 1.807) is 29.2 Å². The Bertz CT molecular complexity index is 1070. The summed E-state index contributed by atoms with van der Waals surface area (Å²) < 4.78 is 15.2. The number of nitrogens with one attached hydrogen (secondary N) is 2. The number of aliphatic hydroxyl groups excluding tert-OH is 1. The number of aryl methyl sites for hydroxylation is 1. The lowest BCUT2D eigenvalue weighted by Crippen LogP contribution is -2.30. The number of nitrogens with zero attached hydrogens (tertiary/aromatic N) is 3. The Morgan fingerprint density at radius 3 is 2.81 bits per heavy atom. The third kappa shape index (κ3) is 5.39. The third-order valence-corrected chi connectivity index (χ3v) is 5.26. The van der Waals surface area contributed by atoms with Gasteiger partial charge in [0.1, 0.15) is 11.6 Å². The summed E-state index contributed by atoms with van der Waals surface area (Å²) in [6.07, 6.45) is 6.06. The molecule has 0 bridgehead atoms. The van der Waals surface area contributed by atoms with Crippen LogP contribution in [0.4, 0.5) is 10.3 Å². The van der Waals surface area contributed by atoms with Crippen LogP contribution in [-0.4, -0.2) is 38.2 Å². The van der Waals surface area contributed by atoms with Gasteiger partial charge in [-0.15, -0.1) is 0 Å². The molecule has 3 aromatic rings. The number of benzene rings is 1. The van der Waals surface area contributed by atoms with Crippen LogP contribution >= 0.6 is 11.6 Å². The van der Waals surface area contributed by atoms with Gasteiger partial charge in [-0.1, -0.05) is 24.6 Å². The minimum atomic E-state index is -0.721. The molecule has 31 heavy (non-hydrogen) atoms. The van der Waals surface area contributed by atoms with Crippen LogP contribution in [0.2, 0.25) is 5.02 Å². The number of amides is 1. The normalized spacial score (nSPS) is 13.0. The lowest BCUT2D eigenvalue weighted by molar-refractivity contribution is 0.0916. The minimum absolute atomic E-state index is 0.0719. The first-order valence-corrected chi connectivity index (χ1v) is 10.3. The minimum Gasteiger partial charge on any atom is -0.394 e. The topological polar surface area (TPSA) is 92.1 Å². The summed E-state index contributed by atoms with van der Waals surface area (Å²) in [6, 6.07) is 5.23. The summed E-state index contributed by atoms with van der Waals surface area (Å²) in [5, 5.41) is 15.6. The van der Waals surface area contributed by atoms with E-state index in [4.69, 9.17) is 11.6 Å². The van der Waals surface area contributed by atoms with E-state index in [1.165, 1.54) is 18.2 Å². The van der Waals surface area contributed by atoms with Gasteiger partial charge in [-0.3, -0.25) is 4.79 Å². The third-order valence-electron chi connectivity index (χ3n) is 4.97. The van der Waals surface area contributed by atoms with Gasteiger partial charge in [0.25, 0.3) is 5.91 Å². The molecule has 7 nitrogen and oxygen atoms in total. The van der Waals surface area contributed by atoms with Gasteiger partial charge in [-0.25, -0.2) is 9.37 Å². The zero-order chi connectivity index (χ0) is 22.5. The number of aromatic nitrogens is 3. The Balaban J connectivity index is 1.79. The van der Waals surface area contributed by atoms with Crippen LogP contribution in [0.25, 0.3) is 5.82 Å². The largest absolute Gasteiger partial charge is 0.394 e. The smallest absolute Gasteiger partial charge is 0.253 e. The number of anilines is 1. The number of hydrogen-bond donors (Lipinski definition) is 3. The van der Waals surface area contributed by atoms with Crippen LogP contribution in [0.5, 0.6) is 0 Å². The van der Waals surface area contributed by atoms with E-state index in [9.17, 15) is 14.3 Å². The van der Waals surface area contributed by atoms with Gasteiger partial charge in [0.15, 0.2) is 0 Å². The highest BCUT2D eigenvalue weighted by Gasteiger charge is 2.18. The molecule has 1 amide bonds. The van der Waals surface area contributed by atoms with Crippen LogP contribution in [0.15, 0.2) is 42.9 Å². The van der Waals surface area contributed by atoms with Gasteiger partial charge in [0, 0.05) is 30.2 Å². The number of halogens is 2. The van der Waals surface area contributed by atoms with Crippen LogP contribution < -0.4 is 10.6 Å². The maximum atomic E-state index is 13.4. The molecular formula is C22H25ClFN5O2. The SMILES string of the molecule is CCC(C)Nc1ncc(C)c(-n2ccc(C(=O)N[C@H](CO)c3ccc(F)c(Cl)c3)c2)n1. The summed E-state index contributed by atoms with van der Waals surface area (Å²) in [5.74, 6) is 0.225. The van der Waals surface area contributed by atoms with Crippen LogP contribution in [0.1, 0.15) is 47.8 Å². The molecule has 164 valence electrons. The van der Waals surface area contributed by atoms with Gasteiger partial charge in [-0.2, -0.15) is 4.98 Å². The number of rotatable bonds is 8. The highest BCUT2D eigenvalue weighted by molar-refractivity contribution is 6.30. The second-order valence-electron chi connectivity index (χ2n) is 7.34. The van der Waals surface area contributed by atoms with Crippen molar-refractivity contribution in [2.24, 2.45) is 0 Å². The summed E-state index contributed by atoms with van der Waals surface area (Å²) in [6.45, 7) is 5.66. The molecule has 3 N–H and O–H groups in total. The van der Waals surface area contributed by atoms with E-state index in [0.717, 1.165) is 12.0 Å². The molecular weight excluding hydrogens is 421 g/mol. The zero-order valence-corrected chi connectivity index (χ0v) is 18.3. The van der Waals surface area contributed by atoms with Crippen molar-refractivity contribution in [1.82, 2.24) is 19.9 Å². The molecule has 0 radical (unpaired) electrons. The average molecular weight is 446 g/mol. The van der Waals surface area contributed by atoms with Crippen molar-refractivity contribution < 1.29 is 14.3 Å². The molecule has 0 saturated carbocycles. The van der Waals surface area contributed by atoms with Gasteiger partial charge < -0.3 is 20.3 Å². The molecule has 0 fully saturated rings. The molecule has 0 spiro atoms. The molecule has 1 unspecified atom stereocenters. The summed E-state index contributed by atoms with van der Waals surface area (Å²) in [4.78, 5) is 21.6. The molecule has 2 aromatic heterocycles. The average Bonchev–Trinajstić information content (AvgIpc) is 3.25. The van der Waals surface area contributed by atoms with Gasteiger partial charge in [0.2, 0.25) is 5.95 Å². The molecule has 0 aliphatic carbocycles. The van der Waals surface area contributed by atoms with E-state index in [2.05, 4.69) is 27.5 Å². The Morgan fingerprint density at radius 1 is 1.35 bits per heavy atom. The van der Waals surface area contributed by atoms with Crippen molar-refractivity contribution in [2.45, 2.75) is 39.3 Å². The van der Waals surface area contributed by atoms with E-state index in [0.29, 0.717) is 22.9 Å². The van der Waals surface area contributed by atoms with E-state index in [-0.39, 0.29) is 23.6 Å². The summed E-state index contributed by atoms with van der Waals surface area (Å²) >= 11 is 5.82. The van der Waals surface area contributed by atoms with Crippen molar-refractivity contribution in [3.63, 3.8) is 0 Å². The van der Waals surface area contributed by atoms with Crippen LogP contribution in [-0.2, 0) is 0 Å². The Hall–Kier alpha value is -2.97. The summed E-state index contributed by atoms with van der Waals surface area (Å²) in [5.41, 5.74) is 1.75. The standard InChI is InChI=1S/C22H25ClFN5O2/c1-4-14(3)26-22-25-10-13(2)20(28-22)29-8-7-16(11-29)21(31)27-19(12-30)15-5-6-18(24)17(23)9-15/h5-11,14,19,30H,4,12H2,1-3H3,(H,27,31)(H,25,26,28)/t14?,19-/m1/s1. The second kappa shape index (κ2) is 9.89. The Morgan fingerprint density at radius 2 is 2.13 bits per heavy atom. The van der Waals surface area contributed by atoms with Gasteiger partial charge in [0.05, 0.1) is 23.2 Å². The second-order valence-corrected chi connectivity index (χ2v) is 7.75. The fraction of sp³-hybridized carbons (Fsp3) is 0.318. The quantitative estimate of drug-likeness (QED) is 0.486. The maximum Gasteiger partial charge on any atom is 0.253 e. The van der Waals surface area contributed by atoms with Crippen molar-refractivity contribution in [1.29, 1.82) is 0 Å². The molecule has 3 rings (SSSR count). The van der Waals surface area contributed by atoms with E-state index < -0.39 is 11.9 Å². The van der Waals surface area contributed by atoms with Crippen LogP contribution in [0.3, 0.4) is 0 Å². The first kappa shape index (κ1) is 22.7. The van der Waals surface area contributed by atoms with E-state index >= 15 is 0 Å². The monoisotopic (exact) mass is 445 g/mol. The first-order valence-electron chi connectivity index (χ1n) is 9.97. The molecule has 2 atom stereocenters. The summed E-state index contributed by atoms with van der Waals surface area (Å²) in [7, 11) is 0. The fourth-order valence-electron chi connectivity index (χ4n) is 2.95. The Labute approximate surface area is 185 Å². The predicted octanol–water partition coefficient (Wildman–Crippen LogP) is 4.04. The first-order chi connectivity index (χ1) is 14.8. The number of carbonyl (C=O) groups excluding carboxylic acids is 1. The molecule has 2 heterocycles. The fourth-order valence-corrected chi connectivity index (χ4v) is 3.14. The highest BCUT2D eigenvalue weighted by Crippen LogP contribution is 2.22. The molecule has 9 heteroatoms. The molecule has 0 aliphatic heterocycles. The lowest BCUT2D eigenvalue weighted by Gasteiger charge is -2.17.